The Morgan fingerprint density at radius 1 is 1.00 bits per heavy atom. The van der Waals surface area contributed by atoms with Gasteiger partial charge in [0.1, 0.15) is 22.5 Å². The number of para-hydroxylation sites is 1. The van der Waals surface area contributed by atoms with Gasteiger partial charge in [-0.1, -0.05) is 52.2 Å². The molecule has 150 valence electrons. The quantitative estimate of drug-likeness (QED) is 0.524. The number of halogens is 3. The maximum atomic E-state index is 12.9. The molecule has 1 N–H and O–H groups in total. The zero-order chi connectivity index (χ0) is 20.5. The summed E-state index contributed by atoms with van der Waals surface area (Å²) in [6.45, 7) is 6.29. The number of rotatable bonds is 6. The summed E-state index contributed by atoms with van der Waals surface area (Å²) in [6.07, 6.45) is -0.232. The molecule has 0 aliphatic carbocycles. The average molecular weight is 391 g/mol. The lowest BCUT2D eigenvalue weighted by Crippen LogP contribution is -2.18. The molecule has 0 aliphatic rings. The minimum Gasteiger partial charge on any atom is -0.505 e. The third kappa shape index (κ3) is 3.98. The smallest absolute Gasteiger partial charge is 0.416 e. The summed E-state index contributed by atoms with van der Waals surface area (Å²) in [5.74, 6) is 0.0559. The summed E-state index contributed by atoms with van der Waals surface area (Å²) in [7, 11) is 0. The Kier molecular flexibility index (Phi) is 5.37. The van der Waals surface area contributed by atoms with Gasteiger partial charge in [-0.25, -0.2) is 0 Å². The van der Waals surface area contributed by atoms with Gasteiger partial charge in [-0.05, 0) is 36.1 Å². The highest BCUT2D eigenvalue weighted by atomic mass is 19.4. The van der Waals surface area contributed by atoms with Gasteiger partial charge in [0, 0.05) is 5.56 Å². The number of fused-ring (bicyclic) bond motifs is 1. The molecule has 0 atom stereocenters. The van der Waals surface area contributed by atoms with Gasteiger partial charge >= 0.3 is 6.18 Å². The van der Waals surface area contributed by atoms with E-state index >= 15 is 0 Å². The number of alkyl halides is 3. The Balaban J connectivity index is 2.00. The van der Waals surface area contributed by atoms with Gasteiger partial charge in [-0.2, -0.15) is 13.2 Å². The summed E-state index contributed by atoms with van der Waals surface area (Å²) in [5, 5.41) is 19.3. The second kappa shape index (κ2) is 7.45. The van der Waals surface area contributed by atoms with Crippen molar-refractivity contribution in [1.29, 1.82) is 0 Å². The van der Waals surface area contributed by atoms with E-state index in [4.69, 9.17) is 0 Å². The van der Waals surface area contributed by atoms with E-state index in [9.17, 15) is 18.3 Å². The standard InChI is InChI=1S/C21H24F3N3O/c1-4-5-6-12-20(2,3)15-8-7-9-18(19(15)28)27-25-16-11-10-14(21(22,23)24)13-17(16)26-27/h7-11,13,28H,4-6,12H2,1-3H3. The number of unbranched alkanes of at least 4 members (excludes halogenated alkanes) is 2. The van der Waals surface area contributed by atoms with Crippen LogP contribution >= 0.6 is 0 Å². The maximum Gasteiger partial charge on any atom is 0.416 e. The first kappa shape index (κ1) is 20.2. The van der Waals surface area contributed by atoms with Gasteiger partial charge in [-0.3, -0.25) is 0 Å². The molecule has 0 radical (unpaired) electrons. The first-order chi connectivity index (χ1) is 13.1. The number of benzene rings is 2. The molecule has 3 rings (SSSR count). The molecule has 3 aromatic rings. The Labute approximate surface area is 162 Å². The summed E-state index contributed by atoms with van der Waals surface area (Å²) in [4.78, 5) is 1.20. The Morgan fingerprint density at radius 3 is 2.39 bits per heavy atom. The van der Waals surface area contributed by atoms with Crippen LogP contribution in [0.1, 0.15) is 57.6 Å². The van der Waals surface area contributed by atoms with Crippen molar-refractivity contribution < 1.29 is 18.3 Å². The predicted octanol–water partition coefficient (Wildman–Crippen LogP) is 6.00. The second-order valence-electron chi connectivity index (χ2n) is 7.70. The van der Waals surface area contributed by atoms with Gasteiger partial charge in [0.25, 0.3) is 0 Å². The predicted molar refractivity (Wildman–Crippen MR) is 103 cm³/mol. The first-order valence-electron chi connectivity index (χ1n) is 9.40. The van der Waals surface area contributed by atoms with Crippen LogP contribution in [-0.4, -0.2) is 20.1 Å². The molecule has 0 saturated carbocycles. The van der Waals surface area contributed by atoms with E-state index in [-0.39, 0.29) is 16.7 Å². The van der Waals surface area contributed by atoms with Crippen molar-refractivity contribution in [2.24, 2.45) is 0 Å². The van der Waals surface area contributed by atoms with Gasteiger partial charge in [0.2, 0.25) is 0 Å². The molecule has 2 aromatic carbocycles. The largest absolute Gasteiger partial charge is 0.505 e. The van der Waals surface area contributed by atoms with E-state index in [1.54, 1.807) is 12.1 Å². The molecule has 1 heterocycles. The van der Waals surface area contributed by atoms with E-state index in [1.807, 2.05) is 6.07 Å². The number of hydrogen-bond acceptors (Lipinski definition) is 3. The molecule has 0 bridgehead atoms. The average Bonchev–Trinajstić information content (AvgIpc) is 3.04. The van der Waals surface area contributed by atoms with Crippen LogP contribution in [0.2, 0.25) is 0 Å². The molecular weight excluding hydrogens is 367 g/mol. The number of aromatic nitrogens is 3. The van der Waals surface area contributed by atoms with E-state index in [2.05, 4.69) is 31.0 Å². The van der Waals surface area contributed by atoms with Crippen LogP contribution in [0.25, 0.3) is 16.7 Å². The fourth-order valence-corrected chi connectivity index (χ4v) is 3.39. The van der Waals surface area contributed by atoms with Crippen LogP contribution in [0.5, 0.6) is 5.75 Å². The number of phenolic OH excluding ortho intramolecular Hbond substituents is 1. The topological polar surface area (TPSA) is 50.9 Å². The molecule has 4 nitrogen and oxygen atoms in total. The zero-order valence-electron chi connectivity index (χ0n) is 16.2. The molecule has 0 spiro atoms. The van der Waals surface area contributed by atoms with Gasteiger partial charge in [0.15, 0.2) is 0 Å². The highest BCUT2D eigenvalue weighted by Crippen LogP contribution is 2.38. The number of nitrogens with zero attached hydrogens (tertiary/aromatic N) is 3. The van der Waals surface area contributed by atoms with Crippen molar-refractivity contribution in [3.05, 3.63) is 47.5 Å². The van der Waals surface area contributed by atoms with Gasteiger partial charge in [-0.15, -0.1) is 15.0 Å². The minimum absolute atomic E-state index is 0.0559. The minimum atomic E-state index is -4.44. The molecule has 0 unspecified atom stereocenters. The molecule has 28 heavy (non-hydrogen) atoms. The molecule has 1 aromatic heterocycles. The normalized spacial score (nSPS) is 12.6. The van der Waals surface area contributed by atoms with E-state index in [0.29, 0.717) is 11.2 Å². The van der Waals surface area contributed by atoms with Crippen molar-refractivity contribution in [2.75, 3.05) is 0 Å². The summed E-state index contributed by atoms with van der Waals surface area (Å²) < 4.78 is 38.8. The molecule has 0 amide bonds. The third-order valence-electron chi connectivity index (χ3n) is 5.07. The van der Waals surface area contributed by atoms with Crippen LogP contribution in [0, 0.1) is 0 Å². The molecule has 0 aliphatic heterocycles. The fraction of sp³-hybridized carbons (Fsp3) is 0.429. The lowest BCUT2D eigenvalue weighted by Gasteiger charge is -2.26. The summed E-state index contributed by atoms with van der Waals surface area (Å²) >= 11 is 0. The lowest BCUT2D eigenvalue weighted by atomic mass is 9.79. The van der Waals surface area contributed by atoms with Crippen LogP contribution in [0.4, 0.5) is 13.2 Å². The van der Waals surface area contributed by atoms with Crippen LogP contribution in [0.3, 0.4) is 0 Å². The van der Waals surface area contributed by atoms with E-state index in [1.165, 1.54) is 10.9 Å². The number of aromatic hydroxyl groups is 1. The van der Waals surface area contributed by atoms with E-state index in [0.717, 1.165) is 43.4 Å². The Bertz CT molecular complexity index is 977. The maximum absolute atomic E-state index is 12.9. The molecule has 7 heteroatoms. The SMILES string of the molecule is CCCCCC(C)(C)c1cccc(-n2nc3ccc(C(F)(F)F)cc3n2)c1O. The van der Waals surface area contributed by atoms with E-state index < -0.39 is 11.7 Å². The number of hydrogen-bond donors (Lipinski definition) is 1. The van der Waals surface area contributed by atoms with Gasteiger partial charge < -0.3 is 5.11 Å². The summed E-state index contributed by atoms with van der Waals surface area (Å²) in [5.41, 5.74) is 0.568. The number of phenols is 1. The monoisotopic (exact) mass is 391 g/mol. The zero-order valence-corrected chi connectivity index (χ0v) is 16.2. The third-order valence-corrected chi connectivity index (χ3v) is 5.07. The summed E-state index contributed by atoms with van der Waals surface area (Å²) in [6, 6.07) is 8.57. The highest BCUT2D eigenvalue weighted by Gasteiger charge is 2.31. The lowest BCUT2D eigenvalue weighted by molar-refractivity contribution is -0.137. The van der Waals surface area contributed by atoms with Gasteiger partial charge in [0.05, 0.1) is 5.56 Å². The Hall–Kier alpha value is -2.57. The fourth-order valence-electron chi connectivity index (χ4n) is 3.39. The molecule has 0 saturated heterocycles. The second-order valence-corrected chi connectivity index (χ2v) is 7.70. The molecular formula is C21H24F3N3O. The van der Waals surface area contributed by atoms with Crippen molar-refractivity contribution in [3.63, 3.8) is 0 Å². The highest BCUT2D eigenvalue weighted by molar-refractivity contribution is 5.75. The van der Waals surface area contributed by atoms with Crippen molar-refractivity contribution in [2.45, 2.75) is 58.0 Å². The first-order valence-corrected chi connectivity index (χ1v) is 9.40. The van der Waals surface area contributed by atoms with Crippen LogP contribution < -0.4 is 0 Å². The van der Waals surface area contributed by atoms with Crippen LogP contribution in [-0.2, 0) is 11.6 Å². The van der Waals surface area contributed by atoms with Crippen LogP contribution in [0.15, 0.2) is 36.4 Å². The Morgan fingerprint density at radius 2 is 1.71 bits per heavy atom. The molecule has 0 fully saturated rings. The van der Waals surface area contributed by atoms with Crippen molar-refractivity contribution >= 4 is 11.0 Å². The van der Waals surface area contributed by atoms with Crippen molar-refractivity contribution in [1.82, 2.24) is 15.0 Å². The van der Waals surface area contributed by atoms with Crippen molar-refractivity contribution in [3.8, 4) is 11.4 Å².